The standard InChI is InChI=1S/C13H18N2O2/c1-9-11(14)7-8-15(9)13(17)12(16)10-5-3-2-4-6-10/h2-6,9,11-12,16H,7-8,14H2,1H3. The van der Waals surface area contributed by atoms with Gasteiger partial charge in [0.15, 0.2) is 6.10 Å². The molecule has 4 nitrogen and oxygen atoms in total. The Morgan fingerprint density at radius 1 is 1.47 bits per heavy atom. The molecule has 1 amide bonds. The summed E-state index contributed by atoms with van der Waals surface area (Å²) in [6, 6.07) is 9.00. The van der Waals surface area contributed by atoms with E-state index in [-0.39, 0.29) is 18.0 Å². The van der Waals surface area contributed by atoms with Crippen molar-refractivity contribution in [3.63, 3.8) is 0 Å². The van der Waals surface area contributed by atoms with Crippen molar-refractivity contribution in [1.29, 1.82) is 0 Å². The summed E-state index contributed by atoms with van der Waals surface area (Å²) >= 11 is 0. The van der Waals surface area contributed by atoms with Crippen LogP contribution < -0.4 is 5.73 Å². The summed E-state index contributed by atoms with van der Waals surface area (Å²) in [5, 5.41) is 10.0. The van der Waals surface area contributed by atoms with Gasteiger partial charge in [0.05, 0.1) is 0 Å². The van der Waals surface area contributed by atoms with Crippen molar-refractivity contribution in [1.82, 2.24) is 4.90 Å². The van der Waals surface area contributed by atoms with Crippen LogP contribution in [0.5, 0.6) is 0 Å². The van der Waals surface area contributed by atoms with Gasteiger partial charge in [-0.25, -0.2) is 0 Å². The Labute approximate surface area is 101 Å². The van der Waals surface area contributed by atoms with E-state index >= 15 is 0 Å². The molecule has 1 heterocycles. The molecule has 1 saturated heterocycles. The molecule has 0 radical (unpaired) electrons. The molecule has 17 heavy (non-hydrogen) atoms. The molecule has 0 aliphatic carbocycles. The van der Waals surface area contributed by atoms with Crippen LogP contribution >= 0.6 is 0 Å². The van der Waals surface area contributed by atoms with Crippen molar-refractivity contribution in [2.24, 2.45) is 5.73 Å². The molecule has 2 rings (SSSR count). The van der Waals surface area contributed by atoms with Gasteiger partial charge in [-0.1, -0.05) is 30.3 Å². The number of hydrogen-bond acceptors (Lipinski definition) is 3. The van der Waals surface area contributed by atoms with E-state index < -0.39 is 6.10 Å². The molecule has 1 fully saturated rings. The average molecular weight is 234 g/mol. The molecule has 3 unspecified atom stereocenters. The number of likely N-dealkylation sites (tertiary alicyclic amines) is 1. The quantitative estimate of drug-likeness (QED) is 0.790. The van der Waals surface area contributed by atoms with E-state index in [4.69, 9.17) is 5.73 Å². The number of benzene rings is 1. The van der Waals surface area contributed by atoms with Gasteiger partial charge in [-0.2, -0.15) is 0 Å². The predicted octanol–water partition coefficient (Wildman–Crippen LogP) is 0.668. The Balaban J connectivity index is 2.11. The van der Waals surface area contributed by atoms with Crippen LogP contribution in [-0.2, 0) is 4.79 Å². The molecule has 4 heteroatoms. The Hall–Kier alpha value is -1.39. The highest BCUT2D eigenvalue weighted by atomic mass is 16.3. The van der Waals surface area contributed by atoms with E-state index in [1.165, 1.54) is 0 Å². The van der Waals surface area contributed by atoms with E-state index in [9.17, 15) is 9.90 Å². The molecule has 0 aromatic heterocycles. The number of rotatable bonds is 2. The van der Waals surface area contributed by atoms with E-state index in [0.717, 1.165) is 6.42 Å². The zero-order valence-corrected chi connectivity index (χ0v) is 9.91. The highest BCUT2D eigenvalue weighted by Crippen LogP contribution is 2.22. The number of carbonyl (C=O) groups excluding carboxylic acids is 1. The molecular weight excluding hydrogens is 216 g/mol. The van der Waals surface area contributed by atoms with Gasteiger partial charge in [-0.15, -0.1) is 0 Å². The largest absolute Gasteiger partial charge is 0.378 e. The number of amides is 1. The van der Waals surface area contributed by atoms with Gasteiger partial charge in [0.25, 0.3) is 5.91 Å². The van der Waals surface area contributed by atoms with Crippen LogP contribution in [0.2, 0.25) is 0 Å². The highest BCUT2D eigenvalue weighted by Gasteiger charge is 2.34. The summed E-state index contributed by atoms with van der Waals surface area (Å²) < 4.78 is 0. The lowest BCUT2D eigenvalue weighted by atomic mass is 10.1. The van der Waals surface area contributed by atoms with Gasteiger partial charge in [0.2, 0.25) is 0 Å². The minimum Gasteiger partial charge on any atom is -0.378 e. The Morgan fingerprint density at radius 2 is 2.12 bits per heavy atom. The summed E-state index contributed by atoms with van der Waals surface area (Å²) in [5.41, 5.74) is 6.50. The average Bonchev–Trinajstić information content (AvgIpc) is 2.69. The van der Waals surface area contributed by atoms with Gasteiger partial charge in [-0.05, 0) is 18.9 Å². The third-order valence-corrected chi connectivity index (χ3v) is 3.45. The van der Waals surface area contributed by atoms with Crippen LogP contribution in [0, 0.1) is 0 Å². The summed E-state index contributed by atoms with van der Waals surface area (Å²) in [7, 11) is 0. The second-order valence-corrected chi connectivity index (χ2v) is 4.54. The van der Waals surface area contributed by atoms with Crippen molar-refractivity contribution >= 4 is 5.91 Å². The van der Waals surface area contributed by atoms with Gasteiger partial charge < -0.3 is 15.7 Å². The minimum absolute atomic E-state index is 0.000798. The molecule has 0 saturated carbocycles. The van der Waals surface area contributed by atoms with Crippen molar-refractivity contribution in [3.8, 4) is 0 Å². The van der Waals surface area contributed by atoms with E-state index in [1.807, 2.05) is 25.1 Å². The van der Waals surface area contributed by atoms with Crippen LogP contribution in [0.25, 0.3) is 0 Å². The van der Waals surface area contributed by atoms with Crippen molar-refractivity contribution in [3.05, 3.63) is 35.9 Å². The maximum absolute atomic E-state index is 12.1. The number of aliphatic hydroxyl groups excluding tert-OH is 1. The number of hydrogen-bond donors (Lipinski definition) is 2. The van der Waals surface area contributed by atoms with Crippen molar-refractivity contribution in [2.75, 3.05) is 6.54 Å². The lowest BCUT2D eigenvalue weighted by Crippen LogP contribution is -2.42. The molecule has 92 valence electrons. The molecule has 0 spiro atoms. The van der Waals surface area contributed by atoms with E-state index in [0.29, 0.717) is 12.1 Å². The third-order valence-electron chi connectivity index (χ3n) is 3.45. The van der Waals surface area contributed by atoms with Gasteiger partial charge in [-0.3, -0.25) is 4.79 Å². The van der Waals surface area contributed by atoms with Crippen molar-refractivity contribution < 1.29 is 9.90 Å². The fraction of sp³-hybridized carbons (Fsp3) is 0.462. The van der Waals surface area contributed by atoms with Gasteiger partial charge >= 0.3 is 0 Å². The second kappa shape index (κ2) is 4.85. The number of carbonyl (C=O) groups is 1. The molecule has 1 aromatic rings. The van der Waals surface area contributed by atoms with Gasteiger partial charge in [0.1, 0.15) is 0 Å². The Bertz CT molecular complexity index is 394. The first kappa shape index (κ1) is 12.1. The fourth-order valence-electron chi connectivity index (χ4n) is 2.21. The first-order valence-corrected chi connectivity index (χ1v) is 5.90. The first-order chi connectivity index (χ1) is 8.11. The zero-order valence-electron chi connectivity index (χ0n) is 9.91. The maximum atomic E-state index is 12.1. The number of aliphatic hydroxyl groups is 1. The maximum Gasteiger partial charge on any atom is 0.256 e. The highest BCUT2D eigenvalue weighted by molar-refractivity contribution is 5.82. The third kappa shape index (κ3) is 2.33. The molecule has 1 aromatic carbocycles. The van der Waals surface area contributed by atoms with Crippen LogP contribution in [0.3, 0.4) is 0 Å². The van der Waals surface area contributed by atoms with E-state index in [2.05, 4.69) is 0 Å². The fourth-order valence-corrected chi connectivity index (χ4v) is 2.21. The molecule has 1 aliphatic heterocycles. The van der Waals surface area contributed by atoms with Crippen LogP contribution in [-0.4, -0.2) is 34.5 Å². The number of nitrogens with zero attached hydrogens (tertiary/aromatic N) is 1. The predicted molar refractivity (Wildman–Crippen MR) is 65.2 cm³/mol. The van der Waals surface area contributed by atoms with Gasteiger partial charge in [0, 0.05) is 18.6 Å². The smallest absolute Gasteiger partial charge is 0.256 e. The lowest BCUT2D eigenvalue weighted by molar-refractivity contribution is -0.141. The van der Waals surface area contributed by atoms with E-state index in [1.54, 1.807) is 17.0 Å². The number of nitrogens with two attached hydrogens (primary N) is 1. The molecular formula is C13H18N2O2. The summed E-state index contributed by atoms with van der Waals surface area (Å²) in [4.78, 5) is 13.8. The zero-order chi connectivity index (χ0) is 12.4. The second-order valence-electron chi connectivity index (χ2n) is 4.54. The SMILES string of the molecule is CC1C(N)CCN1C(=O)C(O)c1ccccc1. The van der Waals surface area contributed by atoms with Crippen molar-refractivity contribution in [2.45, 2.75) is 31.5 Å². The molecule has 0 bridgehead atoms. The van der Waals surface area contributed by atoms with Crippen LogP contribution in [0.1, 0.15) is 25.0 Å². The molecule has 1 aliphatic rings. The topological polar surface area (TPSA) is 66.6 Å². The monoisotopic (exact) mass is 234 g/mol. The summed E-state index contributed by atoms with van der Waals surface area (Å²) in [5.74, 6) is -0.253. The minimum atomic E-state index is -1.08. The lowest BCUT2D eigenvalue weighted by Gasteiger charge is -2.25. The first-order valence-electron chi connectivity index (χ1n) is 5.90. The summed E-state index contributed by atoms with van der Waals surface area (Å²) in [6.45, 7) is 2.55. The molecule has 3 atom stereocenters. The Morgan fingerprint density at radius 3 is 2.65 bits per heavy atom. The summed E-state index contributed by atoms with van der Waals surface area (Å²) in [6.07, 6.45) is -0.280. The Kier molecular flexibility index (Phi) is 3.45. The van der Waals surface area contributed by atoms with Crippen LogP contribution in [0.15, 0.2) is 30.3 Å². The van der Waals surface area contributed by atoms with Crippen LogP contribution in [0.4, 0.5) is 0 Å². The normalized spacial score (nSPS) is 25.9. The molecule has 3 N–H and O–H groups in total.